The van der Waals surface area contributed by atoms with E-state index in [2.05, 4.69) is 12.2 Å². The van der Waals surface area contributed by atoms with Gasteiger partial charge in [-0.15, -0.1) is 0 Å². The highest BCUT2D eigenvalue weighted by atomic mass is 32.2. The molecule has 90 valence electrons. The van der Waals surface area contributed by atoms with Crippen LogP contribution in [0.4, 0.5) is 0 Å². The molecular weight excluding hydrogens is 210 g/mol. The van der Waals surface area contributed by atoms with Gasteiger partial charge in [-0.1, -0.05) is 13.3 Å². The molecule has 0 aromatic carbocycles. The average molecular weight is 233 g/mol. The van der Waals surface area contributed by atoms with Crippen LogP contribution in [0.5, 0.6) is 0 Å². The lowest BCUT2D eigenvalue weighted by molar-refractivity contribution is 0.553. The van der Waals surface area contributed by atoms with Gasteiger partial charge in [-0.25, -0.2) is 8.42 Å². The number of nitrogens with one attached hydrogen (secondary N) is 1. The van der Waals surface area contributed by atoms with Crippen molar-refractivity contribution in [3.05, 3.63) is 0 Å². The van der Waals surface area contributed by atoms with Crippen LogP contribution < -0.4 is 5.32 Å². The Balaban J connectivity index is 2.27. The molecule has 4 heteroatoms. The second kappa shape index (κ2) is 4.42. The summed E-state index contributed by atoms with van der Waals surface area (Å²) in [6, 6.07) is 0.574. The van der Waals surface area contributed by atoms with Gasteiger partial charge in [-0.05, 0) is 33.1 Å². The third kappa shape index (κ3) is 3.45. The van der Waals surface area contributed by atoms with E-state index in [0.29, 0.717) is 12.6 Å². The van der Waals surface area contributed by atoms with Gasteiger partial charge in [0.15, 0.2) is 9.84 Å². The molecule has 0 saturated heterocycles. The first kappa shape index (κ1) is 13.0. The van der Waals surface area contributed by atoms with Crippen LogP contribution in [-0.2, 0) is 9.84 Å². The lowest BCUT2D eigenvalue weighted by Gasteiger charge is -2.19. The molecule has 0 radical (unpaired) electrons. The Hall–Kier alpha value is -0.0900. The number of sulfone groups is 1. The monoisotopic (exact) mass is 233 g/mol. The van der Waals surface area contributed by atoms with Crippen molar-refractivity contribution >= 4 is 9.84 Å². The molecule has 1 rings (SSSR count). The fraction of sp³-hybridized carbons (Fsp3) is 1.00. The Labute approximate surface area is 93.6 Å². The lowest BCUT2D eigenvalue weighted by atomic mass is 10.3. The van der Waals surface area contributed by atoms with Gasteiger partial charge in [-0.3, -0.25) is 0 Å². The normalized spacial score (nSPS) is 26.7. The molecule has 3 nitrogen and oxygen atoms in total. The predicted molar refractivity (Wildman–Crippen MR) is 63.7 cm³/mol. The van der Waals surface area contributed by atoms with Crippen LogP contribution in [0.2, 0.25) is 0 Å². The van der Waals surface area contributed by atoms with Crippen LogP contribution in [0.1, 0.15) is 40.5 Å². The van der Waals surface area contributed by atoms with E-state index < -0.39 is 14.6 Å². The number of hydrogen-bond donors (Lipinski definition) is 1. The van der Waals surface area contributed by atoms with Crippen LogP contribution >= 0.6 is 0 Å². The molecule has 2 atom stereocenters. The zero-order valence-corrected chi connectivity index (χ0v) is 11.0. The van der Waals surface area contributed by atoms with Crippen molar-refractivity contribution in [1.29, 1.82) is 0 Å². The van der Waals surface area contributed by atoms with Gasteiger partial charge in [0.05, 0.1) is 10.5 Å². The summed E-state index contributed by atoms with van der Waals surface area (Å²) in [7, 11) is -2.95. The number of hydrogen-bond acceptors (Lipinski definition) is 3. The molecule has 1 fully saturated rings. The first-order chi connectivity index (χ1) is 6.78. The first-order valence-electron chi connectivity index (χ1n) is 5.73. The van der Waals surface area contributed by atoms with Crippen LogP contribution in [0.15, 0.2) is 0 Å². The van der Waals surface area contributed by atoms with E-state index in [9.17, 15) is 8.42 Å². The zero-order chi connectivity index (χ0) is 11.7. The molecule has 1 aliphatic carbocycles. The van der Waals surface area contributed by atoms with Crippen molar-refractivity contribution in [2.24, 2.45) is 5.92 Å². The van der Waals surface area contributed by atoms with Gasteiger partial charge in [0, 0.05) is 12.6 Å². The van der Waals surface area contributed by atoms with Gasteiger partial charge in [0.25, 0.3) is 0 Å². The summed E-state index contributed by atoms with van der Waals surface area (Å²) in [4.78, 5) is 0. The van der Waals surface area contributed by atoms with Crippen molar-refractivity contribution in [3.8, 4) is 0 Å². The maximum absolute atomic E-state index is 11.8. The Bertz CT molecular complexity index is 303. The molecule has 1 N–H and O–H groups in total. The van der Waals surface area contributed by atoms with E-state index in [0.717, 1.165) is 5.92 Å². The molecule has 0 aromatic heterocycles. The Kier molecular flexibility index (Phi) is 3.82. The summed E-state index contributed by atoms with van der Waals surface area (Å²) in [5.41, 5.74) is 0. The largest absolute Gasteiger partial charge is 0.313 e. The van der Waals surface area contributed by atoms with Crippen molar-refractivity contribution in [2.45, 2.75) is 51.3 Å². The van der Waals surface area contributed by atoms with Crippen LogP contribution in [-0.4, -0.2) is 31.5 Å². The molecule has 0 aliphatic heterocycles. The minimum Gasteiger partial charge on any atom is -0.313 e. The molecule has 2 unspecified atom stereocenters. The molecule has 0 amide bonds. The maximum atomic E-state index is 11.8. The van der Waals surface area contributed by atoms with E-state index in [1.807, 2.05) is 0 Å². The van der Waals surface area contributed by atoms with Crippen LogP contribution in [0.3, 0.4) is 0 Å². The maximum Gasteiger partial charge on any atom is 0.156 e. The van der Waals surface area contributed by atoms with E-state index in [4.69, 9.17) is 0 Å². The van der Waals surface area contributed by atoms with Gasteiger partial charge < -0.3 is 5.32 Å². The zero-order valence-electron chi connectivity index (χ0n) is 10.2. The van der Waals surface area contributed by atoms with E-state index in [-0.39, 0.29) is 5.75 Å². The summed E-state index contributed by atoms with van der Waals surface area (Å²) in [5.74, 6) is 1.03. The highest BCUT2D eigenvalue weighted by molar-refractivity contribution is 7.92. The molecule has 0 spiro atoms. The van der Waals surface area contributed by atoms with Gasteiger partial charge in [0.1, 0.15) is 0 Å². The molecular formula is C11H23NO2S. The topological polar surface area (TPSA) is 46.2 Å². The van der Waals surface area contributed by atoms with Crippen molar-refractivity contribution in [2.75, 3.05) is 12.3 Å². The highest BCUT2D eigenvalue weighted by Crippen LogP contribution is 2.32. The minimum absolute atomic E-state index is 0.253. The second-order valence-corrected chi connectivity index (χ2v) is 8.26. The summed E-state index contributed by atoms with van der Waals surface area (Å²) in [6.45, 7) is 8.05. The summed E-state index contributed by atoms with van der Waals surface area (Å²) < 4.78 is 22.9. The van der Waals surface area contributed by atoms with Crippen LogP contribution in [0.25, 0.3) is 0 Å². The quantitative estimate of drug-likeness (QED) is 0.784. The standard InChI is InChI=1S/C11H23NO2S/c1-5-9-8-10(9)12-6-7-15(13,14)11(2,3)4/h9-10,12H,5-8H2,1-4H3. The van der Waals surface area contributed by atoms with Gasteiger partial charge in [0.2, 0.25) is 0 Å². The second-order valence-electron chi connectivity index (χ2n) is 5.40. The Morgan fingerprint density at radius 2 is 1.93 bits per heavy atom. The molecule has 0 heterocycles. The molecule has 1 aliphatic rings. The fourth-order valence-corrected chi connectivity index (χ4v) is 2.63. The minimum atomic E-state index is -2.95. The molecule has 1 saturated carbocycles. The van der Waals surface area contributed by atoms with Gasteiger partial charge >= 0.3 is 0 Å². The van der Waals surface area contributed by atoms with Gasteiger partial charge in [-0.2, -0.15) is 0 Å². The third-order valence-corrected chi connectivity index (χ3v) is 5.76. The average Bonchev–Trinajstić information content (AvgIpc) is 2.81. The highest BCUT2D eigenvalue weighted by Gasteiger charge is 2.35. The fourth-order valence-electron chi connectivity index (χ4n) is 1.63. The lowest BCUT2D eigenvalue weighted by Crippen LogP contribution is -2.35. The van der Waals surface area contributed by atoms with Crippen molar-refractivity contribution < 1.29 is 8.42 Å². The summed E-state index contributed by atoms with van der Waals surface area (Å²) in [5, 5.41) is 3.31. The molecule has 15 heavy (non-hydrogen) atoms. The SMILES string of the molecule is CCC1CC1NCCS(=O)(=O)C(C)(C)C. The molecule has 0 bridgehead atoms. The first-order valence-corrected chi connectivity index (χ1v) is 7.39. The van der Waals surface area contributed by atoms with Crippen LogP contribution in [0, 0.1) is 5.92 Å². The van der Waals surface area contributed by atoms with E-state index >= 15 is 0 Å². The molecule has 0 aromatic rings. The van der Waals surface area contributed by atoms with Crippen molar-refractivity contribution in [1.82, 2.24) is 5.32 Å². The van der Waals surface area contributed by atoms with E-state index in [1.54, 1.807) is 20.8 Å². The Morgan fingerprint density at radius 3 is 2.33 bits per heavy atom. The summed E-state index contributed by atoms with van der Waals surface area (Å²) in [6.07, 6.45) is 2.41. The Morgan fingerprint density at radius 1 is 1.33 bits per heavy atom. The van der Waals surface area contributed by atoms with E-state index in [1.165, 1.54) is 12.8 Å². The smallest absolute Gasteiger partial charge is 0.156 e. The number of rotatable bonds is 5. The third-order valence-electron chi connectivity index (χ3n) is 3.16. The summed E-state index contributed by atoms with van der Waals surface area (Å²) >= 11 is 0. The predicted octanol–water partition coefficient (Wildman–Crippen LogP) is 1.59. The van der Waals surface area contributed by atoms with Crippen molar-refractivity contribution in [3.63, 3.8) is 0 Å².